The highest BCUT2D eigenvalue weighted by atomic mass is 127. The van der Waals surface area contributed by atoms with Crippen molar-refractivity contribution in [1.82, 2.24) is 0 Å². The third-order valence-corrected chi connectivity index (χ3v) is 19.2. The van der Waals surface area contributed by atoms with Gasteiger partial charge in [0.25, 0.3) is 0 Å². The molecule has 248 valence electrons. The molecule has 0 saturated carbocycles. The van der Waals surface area contributed by atoms with E-state index in [4.69, 9.17) is 9.16 Å². The van der Waals surface area contributed by atoms with Crippen LogP contribution in [-0.2, 0) is 9.16 Å². The highest BCUT2D eigenvalue weighted by molar-refractivity contribution is 14.1. The van der Waals surface area contributed by atoms with Crippen molar-refractivity contribution in [3.05, 3.63) is 125 Å². The van der Waals surface area contributed by atoms with Crippen molar-refractivity contribution in [2.24, 2.45) is 5.92 Å². The summed E-state index contributed by atoms with van der Waals surface area (Å²) >= 11 is 2.31. The summed E-state index contributed by atoms with van der Waals surface area (Å²) in [6, 6.07) is 33.5. The van der Waals surface area contributed by atoms with E-state index >= 15 is 0 Å². The van der Waals surface area contributed by atoms with Crippen LogP contribution in [0.4, 0.5) is 0 Å². The Balaban J connectivity index is 0.00000576. The molecular weight excluding hydrogens is 825 g/mol. The number of rotatable bonds is 12. The van der Waals surface area contributed by atoms with Gasteiger partial charge in [0.2, 0.25) is 0 Å². The molecule has 0 spiro atoms. The first-order valence-electron chi connectivity index (χ1n) is 16.5. The second-order valence-electron chi connectivity index (χ2n) is 14.0. The molecule has 1 aliphatic rings. The smallest absolute Gasteiger partial charge is 0.192 e. The molecule has 2 nitrogen and oxygen atoms in total. The maximum Gasteiger partial charge on any atom is 0.192 e. The number of halogens is 2. The lowest BCUT2D eigenvalue weighted by molar-refractivity contribution is -0.105. The number of ether oxygens (including phenoxy) is 1. The van der Waals surface area contributed by atoms with Gasteiger partial charge in [0.15, 0.2) is 8.32 Å². The van der Waals surface area contributed by atoms with Gasteiger partial charge in [0, 0.05) is 12.3 Å². The SMILES string of the molecule is CC(=C/[C@@H]1O[C@H](C/C=C/I)C[C@@H](O[Si](C)(C)C(C)(C)C)[C@@H]1C)/C=C/CC[P+](c1ccccc1)(c1ccccc1)c1ccccc1.[I-]. The minimum atomic E-state index is -1.90. The van der Waals surface area contributed by atoms with Gasteiger partial charge >= 0.3 is 0 Å². The number of hydrogen-bond donors (Lipinski definition) is 0. The Morgan fingerprint density at radius 2 is 1.39 bits per heavy atom. The fourth-order valence-corrected chi connectivity index (χ4v) is 12.0. The van der Waals surface area contributed by atoms with Crippen molar-refractivity contribution in [3.63, 3.8) is 0 Å². The van der Waals surface area contributed by atoms with Crippen LogP contribution in [0.3, 0.4) is 0 Å². The second-order valence-corrected chi connectivity index (χ2v) is 23.1. The molecule has 1 fully saturated rings. The van der Waals surface area contributed by atoms with Crippen molar-refractivity contribution in [1.29, 1.82) is 0 Å². The third kappa shape index (κ3) is 9.98. The van der Waals surface area contributed by atoms with Gasteiger partial charge in [-0.05, 0) is 78.4 Å². The van der Waals surface area contributed by atoms with Crippen LogP contribution in [-0.4, -0.2) is 32.8 Å². The molecule has 0 unspecified atom stereocenters. The summed E-state index contributed by atoms with van der Waals surface area (Å²) in [6.07, 6.45) is 13.6. The van der Waals surface area contributed by atoms with Crippen molar-refractivity contribution < 1.29 is 33.1 Å². The summed E-state index contributed by atoms with van der Waals surface area (Å²) in [5, 5.41) is 4.49. The molecule has 1 aliphatic heterocycles. The predicted molar refractivity (Wildman–Crippen MR) is 210 cm³/mol. The first kappa shape index (κ1) is 39.3. The van der Waals surface area contributed by atoms with E-state index in [2.05, 4.69) is 190 Å². The molecule has 1 heterocycles. The Labute approximate surface area is 312 Å². The van der Waals surface area contributed by atoms with Crippen molar-refractivity contribution in [2.45, 2.75) is 90.3 Å². The maximum absolute atomic E-state index is 7.03. The summed E-state index contributed by atoms with van der Waals surface area (Å²) < 4.78 is 15.8. The van der Waals surface area contributed by atoms with Gasteiger partial charge in [-0.25, -0.2) is 0 Å². The van der Waals surface area contributed by atoms with Crippen LogP contribution in [0.2, 0.25) is 18.1 Å². The van der Waals surface area contributed by atoms with E-state index in [0.29, 0.717) is 5.92 Å². The van der Waals surface area contributed by atoms with E-state index in [-0.39, 0.29) is 47.3 Å². The van der Waals surface area contributed by atoms with E-state index in [1.54, 1.807) is 0 Å². The summed E-state index contributed by atoms with van der Waals surface area (Å²) in [5.74, 6) is 0.301. The number of allylic oxidation sites excluding steroid dienone is 3. The molecule has 3 aromatic rings. The minimum Gasteiger partial charge on any atom is -1.00 e. The molecule has 6 heteroatoms. The van der Waals surface area contributed by atoms with E-state index in [0.717, 1.165) is 25.4 Å². The van der Waals surface area contributed by atoms with Gasteiger partial charge < -0.3 is 33.1 Å². The average Bonchev–Trinajstić information content (AvgIpc) is 3.03. The fraction of sp³-hybridized carbons (Fsp3) is 0.400. The zero-order valence-corrected chi connectivity index (χ0v) is 34.9. The summed E-state index contributed by atoms with van der Waals surface area (Å²) in [5.41, 5.74) is 1.26. The topological polar surface area (TPSA) is 18.5 Å². The molecule has 4 atom stereocenters. The average molecular weight is 879 g/mol. The van der Waals surface area contributed by atoms with Crippen molar-refractivity contribution in [3.8, 4) is 0 Å². The lowest BCUT2D eigenvalue weighted by Gasteiger charge is -2.46. The molecule has 0 aliphatic carbocycles. The first-order valence-corrected chi connectivity index (χ1v) is 22.6. The van der Waals surface area contributed by atoms with E-state index in [9.17, 15) is 0 Å². The summed E-state index contributed by atoms with van der Waals surface area (Å²) in [4.78, 5) is 0. The third-order valence-electron chi connectivity index (χ3n) is 9.72. The Bertz CT molecular complexity index is 1320. The maximum atomic E-state index is 7.03. The molecule has 0 aromatic heterocycles. The Kier molecular flexibility index (Phi) is 15.4. The van der Waals surface area contributed by atoms with E-state index in [1.165, 1.54) is 21.5 Å². The monoisotopic (exact) mass is 878 g/mol. The van der Waals surface area contributed by atoms with Gasteiger partial charge in [0.1, 0.15) is 23.2 Å². The van der Waals surface area contributed by atoms with Crippen LogP contribution >= 0.6 is 29.9 Å². The van der Waals surface area contributed by atoms with E-state index in [1.807, 2.05) is 0 Å². The molecule has 3 aromatic carbocycles. The van der Waals surface area contributed by atoms with E-state index < -0.39 is 15.6 Å². The lowest BCUT2D eigenvalue weighted by atomic mass is 9.88. The normalized spacial score (nSPS) is 21.4. The summed E-state index contributed by atoms with van der Waals surface area (Å²) in [6.45, 7) is 16.3. The van der Waals surface area contributed by atoms with Gasteiger partial charge in [-0.2, -0.15) is 0 Å². The Morgan fingerprint density at radius 1 is 0.891 bits per heavy atom. The summed E-state index contributed by atoms with van der Waals surface area (Å²) in [7, 11) is -3.73. The molecule has 1 saturated heterocycles. The highest BCUT2D eigenvalue weighted by Gasteiger charge is 2.45. The number of benzene rings is 3. The van der Waals surface area contributed by atoms with Crippen molar-refractivity contribution in [2.75, 3.05) is 6.16 Å². The van der Waals surface area contributed by atoms with Crippen molar-refractivity contribution >= 4 is 54.1 Å². The molecule has 0 N–H and O–H groups in total. The molecular formula is C40H53I2O2PSi. The fourth-order valence-electron chi connectivity index (χ4n) is 6.08. The van der Waals surface area contributed by atoms with Crippen LogP contribution in [0.5, 0.6) is 0 Å². The molecule has 0 amide bonds. The van der Waals surface area contributed by atoms with Crippen LogP contribution in [0.25, 0.3) is 0 Å². The largest absolute Gasteiger partial charge is 1.00 e. The van der Waals surface area contributed by atoms with Gasteiger partial charge in [-0.1, -0.05) is 135 Å². The Hall–Kier alpha value is -1.09. The molecule has 4 rings (SSSR count). The van der Waals surface area contributed by atoms with Crippen LogP contribution in [0.15, 0.2) is 125 Å². The zero-order valence-electron chi connectivity index (χ0n) is 28.7. The van der Waals surface area contributed by atoms with Gasteiger partial charge in [0.05, 0.1) is 24.5 Å². The van der Waals surface area contributed by atoms with Crippen LogP contribution in [0.1, 0.15) is 53.9 Å². The molecule has 0 radical (unpaired) electrons. The quantitative estimate of drug-likeness (QED) is 0.0819. The van der Waals surface area contributed by atoms with Gasteiger partial charge in [-0.3, -0.25) is 0 Å². The van der Waals surface area contributed by atoms with Crippen LogP contribution in [0, 0.1) is 5.92 Å². The Morgan fingerprint density at radius 3 is 1.85 bits per heavy atom. The molecule has 0 bridgehead atoms. The minimum absolute atomic E-state index is 0. The lowest BCUT2D eigenvalue weighted by Crippen LogP contribution is -3.00. The standard InChI is InChI=1S/C40H53IO2PSi.HI/c1-32(30-38-33(2)39(31-34(42-38)21-19-28-41)43-45(6,7)40(3,4)5)20-17-18-29-44(35-22-11-8-12-23-35,36-24-13-9-14-25-36)37-26-15-10-16-27-37;/h8-17,19-20,22-28,30,33-34,38-39H,18,21,29,31H2,1-7H3;1H/q+1;/p-1/b20-17+,28-19+,32-30-;/t33-,34-,38+,39-;/m1./s1. The molecule has 46 heavy (non-hydrogen) atoms. The predicted octanol–water partition coefficient (Wildman–Crippen LogP) is 7.40. The zero-order chi connectivity index (χ0) is 32.5. The highest BCUT2D eigenvalue weighted by Crippen LogP contribution is 2.55. The van der Waals surface area contributed by atoms with Crippen LogP contribution < -0.4 is 39.9 Å². The second kappa shape index (κ2) is 18.1. The number of hydrogen-bond acceptors (Lipinski definition) is 2. The van der Waals surface area contributed by atoms with Gasteiger partial charge in [-0.15, -0.1) is 0 Å². The first-order chi connectivity index (χ1) is 21.5.